The lowest BCUT2D eigenvalue weighted by Crippen LogP contribution is -2.30. The SMILES string of the molecule is CCOc1ccccc1NC(=O)C[C@H](NS(C)(=O)=O)c1ccc(Cl)cc1. The summed E-state index contributed by atoms with van der Waals surface area (Å²) in [5, 5.41) is 3.30. The maximum absolute atomic E-state index is 12.5. The van der Waals surface area contributed by atoms with Crippen LogP contribution >= 0.6 is 11.6 Å². The van der Waals surface area contributed by atoms with Gasteiger partial charge in [0.25, 0.3) is 0 Å². The van der Waals surface area contributed by atoms with Gasteiger partial charge in [-0.15, -0.1) is 0 Å². The first kappa shape index (κ1) is 20.2. The van der Waals surface area contributed by atoms with Gasteiger partial charge < -0.3 is 10.1 Å². The normalized spacial score (nSPS) is 12.4. The van der Waals surface area contributed by atoms with E-state index in [1.54, 1.807) is 42.5 Å². The van der Waals surface area contributed by atoms with Crippen molar-refractivity contribution in [1.29, 1.82) is 0 Å². The number of ether oxygens (including phenoxy) is 1. The van der Waals surface area contributed by atoms with Crippen molar-refractivity contribution in [2.45, 2.75) is 19.4 Å². The maximum atomic E-state index is 12.5. The van der Waals surface area contributed by atoms with Crippen molar-refractivity contribution in [1.82, 2.24) is 4.72 Å². The van der Waals surface area contributed by atoms with E-state index in [-0.39, 0.29) is 12.3 Å². The molecule has 140 valence electrons. The molecule has 0 radical (unpaired) electrons. The largest absolute Gasteiger partial charge is 0.492 e. The zero-order valence-corrected chi connectivity index (χ0v) is 16.1. The molecular weight excluding hydrogens is 376 g/mol. The molecule has 1 amide bonds. The molecule has 2 aromatic carbocycles. The van der Waals surface area contributed by atoms with Gasteiger partial charge in [-0.2, -0.15) is 0 Å². The summed E-state index contributed by atoms with van der Waals surface area (Å²) >= 11 is 5.88. The van der Waals surface area contributed by atoms with Crippen LogP contribution in [0.15, 0.2) is 48.5 Å². The Morgan fingerprint density at radius 3 is 2.42 bits per heavy atom. The molecule has 2 rings (SSSR count). The minimum absolute atomic E-state index is 0.0742. The Hall–Kier alpha value is -2.09. The molecule has 0 aliphatic carbocycles. The van der Waals surface area contributed by atoms with Crippen LogP contribution in [0, 0.1) is 0 Å². The van der Waals surface area contributed by atoms with Crippen LogP contribution in [0.5, 0.6) is 5.75 Å². The molecule has 0 saturated heterocycles. The highest BCUT2D eigenvalue weighted by Gasteiger charge is 2.20. The summed E-state index contributed by atoms with van der Waals surface area (Å²) in [4.78, 5) is 12.5. The number of amides is 1. The predicted molar refractivity (Wildman–Crippen MR) is 103 cm³/mol. The van der Waals surface area contributed by atoms with Gasteiger partial charge in [-0.05, 0) is 36.8 Å². The Bertz CT molecular complexity index is 854. The quantitative estimate of drug-likeness (QED) is 0.716. The van der Waals surface area contributed by atoms with Gasteiger partial charge in [-0.25, -0.2) is 13.1 Å². The van der Waals surface area contributed by atoms with E-state index in [4.69, 9.17) is 16.3 Å². The predicted octanol–water partition coefficient (Wildman–Crippen LogP) is 3.36. The van der Waals surface area contributed by atoms with Gasteiger partial charge in [-0.1, -0.05) is 35.9 Å². The van der Waals surface area contributed by atoms with Gasteiger partial charge in [0.15, 0.2) is 0 Å². The van der Waals surface area contributed by atoms with Crippen molar-refractivity contribution >= 4 is 33.2 Å². The number of anilines is 1. The molecule has 0 aliphatic rings. The molecule has 6 nitrogen and oxygen atoms in total. The Balaban J connectivity index is 2.17. The van der Waals surface area contributed by atoms with E-state index in [0.29, 0.717) is 28.6 Å². The summed E-state index contributed by atoms with van der Waals surface area (Å²) in [6, 6.07) is 13.0. The minimum atomic E-state index is -3.50. The van der Waals surface area contributed by atoms with Crippen LogP contribution in [-0.4, -0.2) is 27.2 Å². The molecule has 0 aliphatic heterocycles. The molecule has 1 atom stereocenters. The van der Waals surface area contributed by atoms with Crippen molar-refractivity contribution in [3.8, 4) is 5.75 Å². The first-order chi connectivity index (χ1) is 12.3. The van der Waals surface area contributed by atoms with Gasteiger partial charge in [0, 0.05) is 11.4 Å². The lowest BCUT2D eigenvalue weighted by molar-refractivity contribution is -0.116. The van der Waals surface area contributed by atoms with Crippen molar-refractivity contribution in [2.75, 3.05) is 18.2 Å². The van der Waals surface area contributed by atoms with Gasteiger partial charge in [0.2, 0.25) is 15.9 Å². The molecule has 0 aromatic heterocycles. The fourth-order valence-electron chi connectivity index (χ4n) is 2.42. The zero-order valence-electron chi connectivity index (χ0n) is 14.5. The minimum Gasteiger partial charge on any atom is -0.492 e. The molecule has 26 heavy (non-hydrogen) atoms. The number of sulfonamides is 1. The molecule has 0 bridgehead atoms. The smallest absolute Gasteiger partial charge is 0.226 e. The summed E-state index contributed by atoms with van der Waals surface area (Å²) in [6.07, 6.45) is 0.980. The van der Waals surface area contributed by atoms with Crippen molar-refractivity contribution < 1.29 is 17.9 Å². The number of para-hydroxylation sites is 2. The average Bonchev–Trinajstić information content (AvgIpc) is 2.56. The Morgan fingerprint density at radius 2 is 1.81 bits per heavy atom. The number of rotatable bonds is 8. The Morgan fingerprint density at radius 1 is 1.15 bits per heavy atom. The fraction of sp³-hybridized carbons (Fsp3) is 0.278. The monoisotopic (exact) mass is 396 g/mol. The second-order valence-electron chi connectivity index (χ2n) is 5.68. The number of carbonyl (C=O) groups excluding carboxylic acids is 1. The van der Waals surface area contributed by atoms with Crippen molar-refractivity contribution in [3.63, 3.8) is 0 Å². The maximum Gasteiger partial charge on any atom is 0.226 e. The summed E-state index contributed by atoms with van der Waals surface area (Å²) in [7, 11) is -3.50. The number of hydrogen-bond acceptors (Lipinski definition) is 4. The highest BCUT2D eigenvalue weighted by Crippen LogP contribution is 2.25. The van der Waals surface area contributed by atoms with Crippen LogP contribution < -0.4 is 14.8 Å². The van der Waals surface area contributed by atoms with Crippen LogP contribution in [0.2, 0.25) is 5.02 Å². The number of hydrogen-bond donors (Lipinski definition) is 2. The van der Waals surface area contributed by atoms with E-state index < -0.39 is 16.1 Å². The fourth-order valence-corrected chi connectivity index (χ4v) is 3.28. The zero-order chi connectivity index (χ0) is 19.2. The molecule has 2 N–H and O–H groups in total. The average molecular weight is 397 g/mol. The molecule has 0 spiro atoms. The van der Waals surface area contributed by atoms with Crippen LogP contribution in [0.4, 0.5) is 5.69 Å². The molecule has 0 unspecified atom stereocenters. The van der Waals surface area contributed by atoms with E-state index in [0.717, 1.165) is 6.26 Å². The van der Waals surface area contributed by atoms with E-state index >= 15 is 0 Å². The van der Waals surface area contributed by atoms with Gasteiger partial charge in [-0.3, -0.25) is 4.79 Å². The number of nitrogens with one attached hydrogen (secondary N) is 2. The second-order valence-corrected chi connectivity index (χ2v) is 7.89. The van der Waals surface area contributed by atoms with Crippen molar-refractivity contribution in [3.05, 3.63) is 59.1 Å². The van der Waals surface area contributed by atoms with Crippen LogP contribution in [0.25, 0.3) is 0 Å². The van der Waals surface area contributed by atoms with E-state index in [2.05, 4.69) is 10.0 Å². The van der Waals surface area contributed by atoms with E-state index in [1.165, 1.54) is 0 Å². The summed E-state index contributed by atoms with van der Waals surface area (Å²) in [6.45, 7) is 2.32. The van der Waals surface area contributed by atoms with Gasteiger partial charge >= 0.3 is 0 Å². The second kappa shape index (κ2) is 9.02. The highest BCUT2D eigenvalue weighted by molar-refractivity contribution is 7.88. The van der Waals surface area contributed by atoms with E-state index in [9.17, 15) is 13.2 Å². The molecular formula is C18H21ClN2O4S. The molecule has 0 fully saturated rings. The lowest BCUT2D eigenvalue weighted by Gasteiger charge is -2.18. The topological polar surface area (TPSA) is 84.5 Å². The first-order valence-corrected chi connectivity index (χ1v) is 10.3. The third kappa shape index (κ3) is 6.33. The van der Waals surface area contributed by atoms with Crippen LogP contribution in [0.3, 0.4) is 0 Å². The molecule has 8 heteroatoms. The molecule has 0 saturated carbocycles. The Kier molecular flexibility index (Phi) is 7.02. The molecule has 2 aromatic rings. The van der Waals surface area contributed by atoms with Gasteiger partial charge in [0.1, 0.15) is 5.75 Å². The lowest BCUT2D eigenvalue weighted by atomic mass is 10.0. The van der Waals surface area contributed by atoms with Crippen LogP contribution in [0.1, 0.15) is 24.9 Å². The standard InChI is InChI=1S/C18H21ClN2O4S/c1-3-25-17-7-5-4-6-15(17)20-18(22)12-16(21-26(2,23)24)13-8-10-14(19)11-9-13/h4-11,16,21H,3,12H2,1-2H3,(H,20,22)/t16-/m0/s1. The summed E-state index contributed by atoms with van der Waals surface area (Å²) in [5.41, 5.74) is 1.18. The van der Waals surface area contributed by atoms with Crippen molar-refractivity contribution in [2.24, 2.45) is 0 Å². The third-order valence-corrected chi connectivity index (χ3v) is 4.44. The van der Waals surface area contributed by atoms with Crippen LogP contribution in [-0.2, 0) is 14.8 Å². The first-order valence-electron chi connectivity index (χ1n) is 8.03. The molecule has 0 heterocycles. The Labute approximate surface area is 158 Å². The highest BCUT2D eigenvalue weighted by atomic mass is 35.5. The van der Waals surface area contributed by atoms with Gasteiger partial charge in [0.05, 0.1) is 24.6 Å². The summed E-state index contributed by atoms with van der Waals surface area (Å²) < 4.78 is 31.3. The summed E-state index contributed by atoms with van der Waals surface area (Å²) in [5.74, 6) is 0.218. The number of carbonyl (C=O) groups is 1. The van der Waals surface area contributed by atoms with E-state index in [1.807, 2.05) is 13.0 Å². The number of halogens is 1. The number of benzene rings is 2. The third-order valence-electron chi connectivity index (χ3n) is 3.48.